The number of hydrogen-bond acceptors (Lipinski definition) is 5. The van der Waals surface area contributed by atoms with Gasteiger partial charge >= 0.3 is 0 Å². The van der Waals surface area contributed by atoms with Gasteiger partial charge in [-0.25, -0.2) is 9.97 Å². The van der Waals surface area contributed by atoms with Crippen molar-refractivity contribution in [2.24, 2.45) is 0 Å². The summed E-state index contributed by atoms with van der Waals surface area (Å²) < 4.78 is 0. The van der Waals surface area contributed by atoms with Gasteiger partial charge in [-0.15, -0.1) is 0 Å². The molecule has 0 bridgehead atoms. The summed E-state index contributed by atoms with van der Waals surface area (Å²) in [5.41, 5.74) is 7.06. The van der Waals surface area contributed by atoms with E-state index in [0.29, 0.717) is 15.9 Å². The molecule has 2 heterocycles. The van der Waals surface area contributed by atoms with Gasteiger partial charge in [0.25, 0.3) is 11.5 Å². The van der Waals surface area contributed by atoms with Gasteiger partial charge in [0.1, 0.15) is 6.20 Å². The van der Waals surface area contributed by atoms with Crippen molar-refractivity contribution in [1.82, 2.24) is 15.1 Å². The lowest BCUT2D eigenvalue weighted by Gasteiger charge is -2.01. The Morgan fingerprint density at radius 1 is 1.25 bits per heavy atom. The second-order valence-electron chi connectivity index (χ2n) is 3.35. The van der Waals surface area contributed by atoms with Crippen LogP contribution >= 0.6 is 0 Å². The van der Waals surface area contributed by atoms with Gasteiger partial charge in [-0.2, -0.15) is 0 Å². The second kappa shape index (κ2) is 2.99. The van der Waals surface area contributed by atoms with Gasteiger partial charge in [0.2, 0.25) is 0 Å². The van der Waals surface area contributed by atoms with E-state index < -0.39 is 0 Å². The number of nitrogens with zero attached hydrogens (tertiary/aromatic N) is 4. The molecule has 0 spiro atoms. The van der Waals surface area contributed by atoms with E-state index in [1.807, 2.05) is 24.3 Å². The van der Waals surface area contributed by atoms with Crippen LogP contribution in [0.15, 0.2) is 30.5 Å². The lowest BCUT2D eigenvalue weighted by atomic mass is 10.2. The highest BCUT2D eigenvalue weighted by Crippen LogP contribution is 2.18. The third-order valence-electron chi connectivity index (χ3n) is 2.35. The number of aromatic nitrogens is 4. The maximum atomic E-state index is 11.5. The van der Waals surface area contributed by atoms with Gasteiger partial charge < -0.3 is 10.9 Å². The molecule has 0 amide bonds. The molecule has 6 nitrogen and oxygen atoms in total. The quantitative estimate of drug-likeness (QED) is 0.331. The molecule has 0 saturated heterocycles. The third-order valence-corrected chi connectivity index (χ3v) is 2.35. The molecule has 3 aromatic rings. The molecule has 3 rings (SSSR count). The Hall–Kier alpha value is -2.50. The fourth-order valence-electron chi connectivity index (χ4n) is 1.66. The summed E-state index contributed by atoms with van der Waals surface area (Å²) in [7, 11) is 0. The van der Waals surface area contributed by atoms with Crippen molar-refractivity contribution in [1.29, 1.82) is 0 Å². The topological polar surface area (TPSA) is 91.6 Å². The summed E-state index contributed by atoms with van der Waals surface area (Å²) in [4.78, 5) is 8.67. The maximum Gasteiger partial charge on any atom is 0.289 e. The average Bonchev–Trinajstić information content (AvgIpc) is 2.28. The Balaban J connectivity index is 2.59. The molecule has 6 heteroatoms. The van der Waals surface area contributed by atoms with Crippen LogP contribution in [0.1, 0.15) is 0 Å². The summed E-state index contributed by atoms with van der Waals surface area (Å²) in [5, 5.41) is 15.8. The molecular weight excluding hydrogens is 206 g/mol. The van der Waals surface area contributed by atoms with Crippen molar-refractivity contribution in [3.8, 4) is 0 Å². The number of fused-ring (bicyclic) bond motifs is 3. The minimum Gasteiger partial charge on any atom is -0.594 e. The first kappa shape index (κ1) is 8.78. The number of pyridine rings is 1. The zero-order chi connectivity index (χ0) is 11.1. The van der Waals surface area contributed by atoms with Gasteiger partial charge in [0.05, 0.1) is 10.6 Å². The van der Waals surface area contributed by atoms with Crippen LogP contribution < -0.4 is 10.6 Å². The van der Waals surface area contributed by atoms with Gasteiger partial charge in [-0.1, -0.05) is 18.2 Å². The molecule has 0 atom stereocenters. The number of para-hydroxylation sites is 1. The van der Waals surface area contributed by atoms with E-state index in [0.717, 1.165) is 10.9 Å². The van der Waals surface area contributed by atoms with Crippen molar-refractivity contribution < 1.29 is 4.85 Å². The van der Waals surface area contributed by atoms with Crippen LogP contribution in [0.5, 0.6) is 0 Å². The summed E-state index contributed by atoms with van der Waals surface area (Å²) in [6.45, 7) is 0. The SMILES string of the molecule is Nc1nc2c3ccccc3ncc2[n+]([O-])n1. The Morgan fingerprint density at radius 2 is 2.06 bits per heavy atom. The summed E-state index contributed by atoms with van der Waals surface area (Å²) in [5.74, 6) is -0.0427. The molecule has 0 aliphatic rings. The Bertz CT molecular complexity index is 697. The molecule has 0 radical (unpaired) electrons. The molecule has 0 aliphatic carbocycles. The number of rotatable bonds is 0. The van der Waals surface area contributed by atoms with E-state index in [9.17, 15) is 5.21 Å². The predicted molar refractivity (Wildman–Crippen MR) is 58.2 cm³/mol. The van der Waals surface area contributed by atoms with Crippen LogP contribution in [0.3, 0.4) is 0 Å². The van der Waals surface area contributed by atoms with Crippen molar-refractivity contribution in [2.45, 2.75) is 0 Å². The molecule has 0 aliphatic heterocycles. The van der Waals surface area contributed by atoms with Crippen molar-refractivity contribution in [3.05, 3.63) is 35.7 Å². The van der Waals surface area contributed by atoms with Crippen LogP contribution in [-0.2, 0) is 0 Å². The smallest absolute Gasteiger partial charge is 0.289 e. The molecule has 78 valence electrons. The standard InChI is InChI=1S/C10H7N5O/c11-10-13-9-6-3-1-2-4-7(6)12-5-8(9)15(16)14-10/h1-5H,(H2,11,13,14). The normalized spacial score (nSPS) is 11.0. The number of benzene rings is 1. The molecule has 0 unspecified atom stereocenters. The monoisotopic (exact) mass is 213 g/mol. The third kappa shape index (κ3) is 1.13. The molecule has 0 fully saturated rings. The van der Waals surface area contributed by atoms with Crippen LogP contribution in [0.25, 0.3) is 21.9 Å². The van der Waals surface area contributed by atoms with Crippen molar-refractivity contribution in [2.75, 3.05) is 5.73 Å². The van der Waals surface area contributed by atoms with Crippen LogP contribution in [0, 0.1) is 5.21 Å². The highest BCUT2D eigenvalue weighted by molar-refractivity contribution is 6.00. The lowest BCUT2D eigenvalue weighted by molar-refractivity contribution is -0.641. The van der Waals surface area contributed by atoms with Crippen LogP contribution in [0.2, 0.25) is 0 Å². The van der Waals surface area contributed by atoms with Crippen LogP contribution in [-0.4, -0.2) is 15.1 Å². The minimum atomic E-state index is -0.0427. The number of anilines is 1. The molecule has 1 aromatic carbocycles. The lowest BCUT2D eigenvalue weighted by Crippen LogP contribution is -2.33. The summed E-state index contributed by atoms with van der Waals surface area (Å²) >= 11 is 0. The number of nitrogens with two attached hydrogens (primary N) is 1. The fourth-order valence-corrected chi connectivity index (χ4v) is 1.66. The zero-order valence-electron chi connectivity index (χ0n) is 8.16. The van der Waals surface area contributed by atoms with Crippen molar-refractivity contribution >= 4 is 27.9 Å². The van der Waals surface area contributed by atoms with Gasteiger partial charge in [0.15, 0.2) is 5.52 Å². The second-order valence-corrected chi connectivity index (χ2v) is 3.35. The first-order valence-corrected chi connectivity index (χ1v) is 4.66. The Kier molecular flexibility index (Phi) is 1.64. The molecule has 16 heavy (non-hydrogen) atoms. The molecule has 0 saturated carbocycles. The van der Waals surface area contributed by atoms with E-state index in [-0.39, 0.29) is 5.95 Å². The van der Waals surface area contributed by atoms with Gasteiger partial charge in [-0.05, 0) is 10.9 Å². The summed E-state index contributed by atoms with van der Waals surface area (Å²) in [6, 6.07) is 7.42. The summed E-state index contributed by atoms with van der Waals surface area (Å²) in [6.07, 6.45) is 1.45. The van der Waals surface area contributed by atoms with Crippen LogP contribution in [0.4, 0.5) is 5.95 Å². The van der Waals surface area contributed by atoms with E-state index in [1.165, 1.54) is 6.20 Å². The maximum absolute atomic E-state index is 11.5. The first-order valence-electron chi connectivity index (χ1n) is 4.66. The van der Waals surface area contributed by atoms with Gasteiger partial charge in [-0.3, -0.25) is 0 Å². The first-order chi connectivity index (χ1) is 7.75. The minimum absolute atomic E-state index is 0.0427. The number of nitrogen functional groups attached to an aromatic ring is 1. The van der Waals surface area contributed by atoms with E-state index in [4.69, 9.17) is 5.73 Å². The zero-order valence-corrected chi connectivity index (χ0v) is 8.16. The highest BCUT2D eigenvalue weighted by atomic mass is 16.5. The van der Waals surface area contributed by atoms with E-state index in [2.05, 4.69) is 15.1 Å². The highest BCUT2D eigenvalue weighted by Gasteiger charge is 2.12. The Morgan fingerprint density at radius 3 is 2.94 bits per heavy atom. The molecular formula is C10H7N5O. The molecule has 2 N–H and O–H groups in total. The fraction of sp³-hybridized carbons (Fsp3) is 0. The van der Waals surface area contributed by atoms with E-state index in [1.54, 1.807) is 0 Å². The largest absolute Gasteiger partial charge is 0.594 e. The average molecular weight is 213 g/mol. The van der Waals surface area contributed by atoms with E-state index >= 15 is 0 Å². The number of hydrogen-bond donors (Lipinski definition) is 1. The predicted octanol–water partition coefficient (Wildman–Crippen LogP) is 0.394. The van der Waals surface area contributed by atoms with Crippen molar-refractivity contribution in [3.63, 3.8) is 0 Å². The molecule has 2 aromatic heterocycles. The Labute approximate surface area is 89.9 Å². The van der Waals surface area contributed by atoms with Gasteiger partial charge in [0, 0.05) is 5.39 Å².